The second-order valence-electron chi connectivity index (χ2n) is 5.26. The van der Waals surface area contributed by atoms with E-state index in [9.17, 15) is 0 Å². The van der Waals surface area contributed by atoms with Gasteiger partial charge in [-0.05, 0) is 6.07 Å². The van der Waals surface area contributed by atoms with Crippen LogP contribution in [0.2, 0.25) is 0 Å². The number of anilines is 2. The molecule has 8 nitrogen and oxygen atoms in total. The molecule has 0 amide bonds. The number of nitrogens with one attached hydrogen (secondary N) is 3. The fourth-order valence-electron chi connectivity index (χ4n) is 2.66. The van der Waals surface area contributed by atoms with E-state index in [0.29, 0.717) is 5.95 Å². The summed E-state index contributed by atoms with van der Waals surface area (Å²) in [7, 11) is 3.57. The third-order valence-corrected chi connectivity index (χ3v) is 3.88. The highest BCUT2D eigenvalue weighted by molar-refractivity contribution is 5.44. The molecule has 1 fully saturated rings. The van der Waals surface area contributed by atoms with Crippen molar-refractivity contribution in [3.8, 4) is 0 Å². The molecule has 0 aliphatic carbocycles. The quantitative estimate of drug-likeness (QED) is 0.704. The summed E-state index contributed by atoms with van der Waals surface area (Å²) in [5, 5.41) is 13.3. The molecular weight excluding hydrogens is 282 g/mol. The van der Waals surface area contributed by atoms with Crippen LogP contribution in [-0.4, -0.2) is 59.6 Å². The number of H-pyrrole nitrogens is 1. The van der Waals surface area contributed by atoms with Crippen molar-refractivity contribution in [1.29, 1.82) is 0 Å². The zero-order valence-corrected chi connectivity index (χ0v) is 12.8. The summed E-state index contributed by atoms with van der Waals surface area (Å²) >= 11 is 0. The van der Waals surface area contributed by atoms with Gasteiger partial charge >= 0.3 is 0 Å². The maximum Gasteiger partial charge on any atom is 0.224 e. The first kappa shape index (κ1) is 14.7. The summed E-state index contributed by atoms with van der Waals surface area (Å²) in [6.07, 6.45) is 5.61. The van der Waals surface area contributed by atoms with Crippen molar-refractivity contribution in [1.82, 2.24) is 25.5 Å². The molecule has 3 rings (SSSR count). The van der Waals surface area contributed by atoms with Crippen molar-refractivity contribution >= 4 is 11.8 Å². The van der Waals surface area contributed by atoms with Gasteiger partial charge in [0.05, 0.1) is 18.3 Å². The lowest BCUT2D eigenvalue weighted by Gasteiger charge is -2.18. The van der Waals surface area contributed by atoms with Gasteiger partial charge in [-0.3, -0.25) is 5.10 Å². The van der Waals surface area contributed by atoms with E-state index in [2.05, 4.69) is 35.7 Å². The molecule has 118 valence electrons. The first-order valence-electron chi connectivity index (χ1n) is 7.29. The average Bonchev–Trinajstić information content (AvgIpc) is 3.22. The molecule has 0 spiro atoms. The fraction of sp³-hybridized carbons (Fsp3) is 0.500. The number of aromatic nitrogens is 4. The van der Waals surface area contributed by atoms with E-state index >= 15 is 0 Å². The Morgan fingerprint density at radius 3 is 3.09 bits per heavy atom. The second kappa shape index (κ2) is 6.71. The van der Waals surface area contributed by atoms with Crippen LogP contribution in [0.4, 0.5) is 11.8 Å². The van der Waals surface area contributed by atoms with Crippen molar-refractivity contribution in [2.45, 2.75) is 18.7 Å². The molecule has 0 unspecified atom stereocenters. The van der Waals surface area contributed by atoms with Crippen molar-refractivity contribution in [3.05, 3.63) is 30.2 Å². The minimum absolute atomic E-state index is 0.125. The largest absolute Gasteiger partial charge is 0.378 e. The molecule has 3 heterocycles. The van der Waals surface area contributed by atoms with Crippen LogP contribution in [0, 0.1) is 0 Å². The molecule has 2 atom stereocenters. The number of nitrogens with zero attached hydrogens (tertiary/aromatic N) is 4. The summed E-state index contributed by atoms with van der Waals surface area (Å²) in [6, 6.07) is 2.17. The van der Waals surface area contributed by atoms with Crippen LogP contribution in [0.15, 0.2) is 24.7 Å². The van der Waals surface area contributed by atoms with Crippen molar-refractivity contribution in [3.63, 3.8) is 0 Å². The van der Waals surface area contributed by atoms with Gasteiger partial charge in [-0.25, -0.2) is 4.98 Å². The zero-order chi connectivity index (χ0) is 15.4. The van der Waals surface area contributed by atoms with Gasteiger partial charge in [-0.15, -0.1) is 0 Å². The lowest BCUT2D eigenvalue weighted by Crippen LogP contribution is -2.39. The van der Waals surface area contributed by atoms with Crippen LogP contribution in [0.5, 0.6) is 0 Å². The molecule has 1 aliphatic heterocycles. The zero-order valence-electron chi connectivity index (χ0n) is 12.8. The van der Waals surface area contributed by atoms with Gasteiger partial charge in [0, 0.05) is 51.7 Å². The Hall–Kier alpha value is -2.19. The summed E-state index contributed by atoms with van der Waals surface area (Å²) in [5.74, 6) is 1.54. The minimum Gasteiger partial charge on any atom is -0.378 e. The minimum atomic E-state index is 0.125. The topological polar surface area (TPSA) is 91.0 Å². The van der Waals surface area contributed by atoms with Crippen LogP contribution >= 0.6 is 0 Å². The van der Waals surface area contributed by atoms with E-state index in [1.54, 1.807) is 13.3 Å². The molecule has 8 heteroatoms. The third-order valence-electron chi connectivity index (χ3n) is 3.88. The Morgan fingerprint density at radius 1 is 1.45 bits per heavy atom. The van der Waals surface area contributed by atoms with E-state index in [4.69, 9.17) is 4.74 Å². The van der Waals surface area contributed by atoms with Gasteiger partial charge in [-0.2, -0.15) is 10.1 Å². The SMILES string of the molecule is CNc1nccc(N2C[C@H](OC)[C@H](NCc3cn[nH]c3)C2)n1. The first-order valence-corrected chi connectivity index (χ1v) is 7.29. The lowest BCUT2D eigenvalue weighted by atomic mass is 10.2. The van der Waals surface area contributed by atoms with Gasteiger partial charge in [0.2, 0.25) is 5.95 Å². The maximum atomic E-state index is 5.62. The summed E-state index contributed by atoms with van der Waals surface area (Å²) in [6.45, 7) is 2.41. The number of methoxy groups -OCH3 is 1. The highest BCUT2D eigenvalue weighted by Gasteiger charge is 2.33. The van der Waals surface area contributed by atoms with Gasteiger partial charge in [0.15, 0.2) is 0 Å². The van der Waals surface area contributed by atoms with Crippen molar-refractivity contribution in [2.75, 3.05) is 37.5 Å². The molecule has 0 bridgehead atoms. The molecule has 22 heavy (non-hydrogen) atoms. The predicted octanol–water partition coefficient (Wildman–Crippen LogP) is 0.235. The Balaban J connectivity index is 1.65. The molecular formula is C14H21N7O. The molecule has 0 radical (unpaired) electrons. The van der Waals surface area contributed by atoms with Gasteiger partial charge in [0.25, 0.3) is 0 Å². The van der Waals surface area contributed by atoms with Crippen LogP contribution in [0.25, 0.3) is 0 Å². The average molecular weight is 303 g/mol. The lowest BCUT2D eigenvalue weighted by molar-refractivity contribution is 0.0967. The number of rotatable bonds is 6. The molecule has 1 saturated heterocycles. The normalized spacial score (nSPS) is 21.3. The van der Waals surface area contributed by atoms with Crippen LogP contribution in [-0.2, 0) is 11.3 Å². The van der Waals surface area contributed by atoms with Crippen molar-refractivity contribution in [2.24, 2.45) is 0 Å². The van der Waals surface area contributed by atoms with E-state index in [1.165, 1.54) is 0 Å². The molecule has 1 aliphatic rings. The number of hydrogen-bond acceptors (Lipinski definition) is 7. The van der Waals surface area contributed by atoms with E-state index in [0.717, 1.165) is 31.0 Å². The van der Waals surface area contributed by atoms with E-state index < -0.39 is 0 Å². The molecule has 2 aromatic rings. The van der Waals surface area contributed by atoms with Gasteiger partial charge < -0.3 is 20.3 Å². The molecule has 3 N–H and O–H groups in total. The van der Waals surface area contributed by atoms with Crippen LogP contribution in [0.3, 0.4) is 0 Å². The predicted molar refractivity (Wildman–Crippen MR) is 83.8 cm³/mol. The van der Waals surface area contributed by atoms with Crippen LogP contribution in [0.1, 0.15) is 5.56 Å². The monoisotopic (exact) mass is 303 g/mol. The summed E-state index contributed by atoms with van der Waals surface area (Å²) in [5.41, 5.74) is 1.13. The van der Waals surface area contributed by atoms with E-state index in [1.807, 2.05) is 25.5 Å². The number of ether oxygens (including phenoxy) is 1. The van der Waals surface area contributed by atoms with Gasteiger partial charge in [-0.1, -0.05) is 0 Å². The summed E-state index contributed by atoms with van der Waals surface area (Å²) in [4.78, 5) is 10.9. The molecule has 2 aromatic heterocycles. The molecule has 0 saturated carbocycles. The molecule has 0 aromatic carbocycles. The standard InChI is InChI=1S/C14H21N7O/c1-15-14-16-4-3-13(20-14)21-8-11(12(9-21)22-2)17-5-10-6-18-19-7-10/h3-4,6-7,11-12,17H,5,8-9H2,1-2H3,(H,18,19)(H,15,16,20)/t11-,12+/m1/s1. The highest BCUT2D eigenvalue weighted by Crippen LogP contribution is 2.21. The highest BCUT2D eigenvalue weighted by atomic mass is 16.5. The number of hydrogen-bond donors (Lipinski definition) is 3. The smallest absolute Gasteiger partial charge is 0.224 e. The van der Waals surface area contributed by atoms with Gasteiger partial charge in [0.1, 0.15) is 5.82 Å². The fourth-order valence-corrected chi connectivity index (χ4v) is 2.66. The first-order chi connectivity index (χ1) is 10.8. The Morgan fingerprint density at radius 2 is 2.36 bits per heavy atom. The van der Waals surface area contributed by atoms with Crippen LogP contribution < -0.4 is 15.5 Å². The van der Waals surface area contributed by atoms with Crippen molar-refractivity contribution < 1.29 is 4.74 Å². The number of aromatic amines is 1. The Bertz CT molecular complexity index is 589. The third kappa shape index (κ3) is 3.18. The Labute approximate surface area is 129 Å². The maximum absolute atomic E-state index is 5.62. The van der Waals surface area contributed by atoms with E-state index in [-0.39, 0.29) is 12.1 Å². The Kier molecular flexibility index (Phi) is 4.50. The summed E-state index contributed by atoms with van der Waals surface area (Å²) < 4.78 is 5.62. The second-order valence-corrected chi connectivity index (χ2v) is 5.26.